The molecule has 0 saturated heterocycles. The van der Waals surface area contributed by atoms with Crippen LogP contribution in [0, 0.1) is 5.82 Å². The van der Waals surface area contributed by atoms with Gasteiger partial charge in [-0.1, -0.05) is 15.9 Å². The fraction of sp³-hybridized carbons (Fsp3) is 0.308. The maximum Gasteiger partial charge on any atom is 0.165 e. The smallest absolute Gasteiger partial charge is 0.165 e. The Balaban J connectivity index is 1.73. The maximum absolute atomic E-state index is 13.5. The van der Waals surface area contributed by atoms with Gasteiger partial charge in [-0.15, -0.1) is 0 Å². The number of rotatable bonds is 4. The first-order valence-electron chi connectivity index (χ1n) is 5.82. The molecule has 1 aliphatic carbocycles. The van der Waals surface area contributed by atoms with E-state index in [9.17, 15) is 4.39 Å². The lowest BCUT2D eigenvalue weighted by Gasteiger charge is -2.09. The molecule has 0 unspecified atom stereocenters. The van der Waals surface area contributed by atoms with Crippen LogP contribution in [0.3, 0.4) is 0 Å². The Hall–Kier alpha value is -1.36. The van der Waals surface area contributed by atoms with E-state index in [-0.39, 0.29) is 11.6 Å². The number of benzene rings is 1. The van der Waals surface area contributed by atoms with Gasteiger partial charge in [-0.3, -0.25) is 0 Å². The third kappa shape index (κ3) is 2.41. The zero-order valence-electron chi connectivity index (χ0n) is 9.64. The van der Waals surface area contributed by atoms with Crippen LogP contribution in [-0.2, 0) is 6.61 Å². The van der Waals surface area contributed by atoms with Gasteiger partial charge in [0.1, 0.15) is 6.61 Å². The van der Waals surface area contributed by atoms with Crippen molar-refractivity contribution in [1.29, 1.82) is 0 Å². The zero-order valence-corrected chi connectivity index (χ0v) is 11.2. The van der Waals surface area contributed by atoms with Gasteiger partial charge < -0.3 is 9.30 Å². The molecule has 1 heterocycles. The van der Waals surface area contributed by atoms with Crippen LogP contribution in [0.2, 0.25) is 0 Å². The molecule has 1 aliphatic rings. The summed E-state index contributed by atoms with van der Waals surface area (Å²) in [7, 11) is 0. The van der Waals surface area contributed by atoms with Crippen molar-refractivity contribution in [2.45, 2.75) is 25.5 Å². The Labute approximate surface area is 113 Å². The molecule has 1 aromatic heterocycles. The van der Waals surface area contributed by atoms with E-state index in [2.05, 4.69) is 25.5 Å². The Bertz CT molecular complexity index is 566. The summed E-state index contributed by atoms with van der Waals surface area (Å²) in [6.45, 7) is 0.337. The van der Waals surface area contributed by atoms with E-state index in [1.54, 1.807) is 18.3 Å². The van der Waals surface area contributed by atoms with Crippen molar-refractivity contribution >= 4 is 15.9 Å². The van der Waals surface area contributed by atoms with Crippen LogP contribution in [-0.4, -0.2) is 9.55 Å². The van der Waals surface area contributed by atoms with Crippen LogP contribution in [0.4, 0.5) is 4.39 Å². The second-order valence-electron chi connectivity index (χ2n) is 4.39. The summed E-state index contributed by atoms with van der Waals surface area (Å²) in [6.07, 6.45) is 5.96. The van der Waals surface area contributed by atoms with E-state index in [1.165, 1.54) is 18.9 Å². The van der Waals surface area contributed by atoms with E-state index < -0.39 is 0 Å². The van der Waals surface area contributed by atoms with Gasteiger partial charge >= 0.3 is 0 Å². The highest BCUT2D eigenvalue weighted by atomic mass is 79.9. The molecule has 3 rings (SSSR count). The van der Waals surface area contributed by atoms with Crippen molar-refractivity contribution < 1.29 is 9.13 Å². The number of hydrogen-bond acceptors (Lipinski definition) is 2. The quantitative estimate of drug-likeness (QED) is 0.861. The molecule has 18 heavy (non-hydrogen) atoms. The lowest BCUT2D eigenvalue weighted by atomic mass is 10.3. The minimum Gasteiger partial charge on any atom is -0.484 e. The first kappa shape index (κ1) is 11.7. The Morgan fingerprint density at radius 3 is 3.06 bits per heavy atom. The average Bonchev–Trinajstić information content (AvgIpc) is 3.10. The van der Waals surface area contributed by atoms with Crippen molar-refractivity contribution in [3.8, 4) is 5.75 Å². The molecular formula is C13H12BrFN2O. The summed E-state index contributed by atoms with van der Waals surface area (Å²) in [5.41, 5.74) is 0.983. The van der Waals surface area contributed by atoms with E-state index >= 15 is 0 Å². The van der Waals surface area contributed by atoms with Gasteiger partial charge in [-0.25, -0.2) is 9.37 Å². The lowest BCUT2D eigenvalue weighted by molar-refractivity contribution is 0.280. The molecule has 0 atom stereocenters. The van der Waals surface area contributed by atoms with E-state index in [0.29, 0.717) is 12.6 Å². The lowest BCUT2D eigenvalue weighted by Crippen LogP contribution is -2.04. The Morgan fingerprint density at radius 2 is 2.28 bits per heavy atom. The van der Waals surface area contributed by atoms with Crippen molar-refractivity contribution in [2.24, 2.45) is 0 Å². The number of nitrogens with zero attached hydrogens (tertiary/aromatic N) is 2. The van der Waals surface area contributed by atoms with Gasteiger partial charge in [0.2, 0.25) is 0 Å². The first-order chi connectivity index (χ1) is 8.74. The number of imidazole rings is 1. The molecule has 3 nitrogen and oxygen atoms in total. The fourth-order valence-corrected chi connectivity index (χ4v) is 2.20. The maximum atomic E-state index is 13.5. The topological polar surface area (TPSA) is 27.1 Å². The molecule has 0 spiro atoms. The molecule has 0 radical (unpaired) electrons. The summed E-state index contributed by atoms with van der Waals surface area (Å²) in [5.74, 6) is -0.0939. The van der Waals surface area contributed by atoms with E-state index in [1.807, 2.05) is 6.33 Å². The summed E-state index contributed by atoms with van der Waals surface area (Å²) in [6, 6.07) is 5.22. The minimum atomic E-state index is -0.351. The first-order valence-corrected chi connectivity index (χ1v) is 6.62. The molecule has 94 valence electrons. The van der Waals surface area contributed by atoms with Crippen molar-refractivity contribution in [1.82, 2.24) is 9.55 Å². The zero-order chi connectivity index (χ0) is 12.5. The summed E-state index contributed by atoms with van der Waals surface area (Å²) >= 11 is 3.30. The van der Waals surface area contributed by atoms with Crippen LogP contribution < -0.4 is 4.74 Å². The van der Waals surface area contributed by atoms with Gasteiger partial charge in [-0.05, 0) is 31.0 Å². The van der Waals surface area contributed by atoms with Gasteiger partial charge in [0.15, 0.2) is 11.6 Å². The summed E-state index contributed by atoms with van der Waals surface area (Å²) < 4.78 is 21.9. The Morgan fingerprint density at radius 1 is 1.44 bits per heavy atom. The van der Waals surface area contributed by atoms with Crippen molar-refractivity contribution in [2.75, 3.05) is 0 Å². The average molecular weight is 311 g/mol. The second-order valence-corrected chi connectivity index (χ2v) is 5.30. The number of hydrogen-bond donors (Lipinski definition) is 0. The van der Waals surface area contributed by atoms with Crippen LogP contribution in [0.25, 0.3) is 0 Å². The Kier molecular flexibility index (Phi) is 3.07. The standard InChI is InChI=1S/C13H12BrFN2O/c14-9-1-4-12(15)13(5-9)18-7-11-6-16-8-17(11)10-2-3-10/h1,4-6,8,10H,2-3,7H2. The van der Waals surface area contributed by atoms with Gasteiger partial charge in [0, 0.05) is 10.5 Å². The molecule has 2 aromatic rings. The van der Waals surface area contributed by atoms with Gasteiger partial charge in [0.25, 0.3) is 0 Å². The predicted octanol–water partition coefficient (Wildman–Crippen LogP) is 3.70. The summed E-state index contributed by atoms with van der Waals surface area (Å²) in [4.78, 5) is 4.12. The molecule has 1 saturated carbocycles. The number of ether oxygens (including phenoxy) is 1. The van der Waals surface area contributed by atoms with Crippen LogP contribution in [0.5, 0.6) is 5.75 Å². The molecule has 0 N–H and O–H groups in total. The third-order valence-electron chi connectivity index (χ3n) is 2.96. The predicted molar refractivity (Wildman–Crippen MR) is 68.9 cm³/mol. The van der Waals surface area contributed by atoms with Crippen molar-refractivity contribution in [3.63, 3.8) is 0 Å². The van der Waals surface area contributed by atoms with Crippen LogP contribution >= 0.6 is 15.9 Å². The van der Waals surface area contributed by atoms with Crippen LogP contribution in [0.15, 0.2) is 35.2 Å². The molecular weight excluding hydrogens is 299 g/mol. The second kappa shape index (κ2) is 4.72. The highest BCUT2D eigenvalue weighted by Gasteiger charge is 2.25. The highest BCUT2D eigenvalue weighted by molar-refractivity contribution is 9.10. The molecule has 1 fully saturated rings. The van der Waals surface area contributed by atoms with E-state index in [0.717, 1.165) is 10.2 Å². The molecule has 0 amide bonds. The molecule has 0 bridgehead atoms. The molecule has 5 heteroatoms. The normalized spacial score (nSPS) is 14.8. The monoisotopic (exact) mass is 310 g/mol. The number of aromatic nitrogens is 2. The van der Waals surface area contributed by atoms with E-state index in [4.69, 9.17) is 4.74 Å². The minimum absolute atomic E-state index is 0.257. The molecule has 1 aromatic carbocycles. The van der Waals surface area contributed by atoms with Crippen LogP contribution in [0.1, 0.15) is 24.6 Å². The van der Waals surface area contributed by atoms with Crippen molar-refractivity contribution in [3.05, 3.63) is 46.7 Å². The third-order valence-corrected chi connectivity index (χ3v) is 3.45. The van der Waals surface area contributed by atoms with Gasteiger partial charge in [-0.2, -0.15) is 0 Å². The number of halogens is 2. The molecule has 0 aliphatic heterocycles. The summed E-state index contributed by atoms with van der Waals surface area (Å²) in [5, 5.41) is 0. The fourth-order valence-electron chi connectivity index (χ4n) is 1.86. The SMILES string of the molecule is Fc1ccc(Br)cc1OCc1cncn1C1CC1. The highest BCUT2D eigenvalue weighted by Crippen LogP contribution is 2.35. The van der Waals surface area contributed by atoms with Gasteiger partial charge in [0.05, 0.1) is 18.2 Å². The largest absolute Gasteiger partial charge is 0.484 e.